The first kappa shape index (κ1) is 54.2. The number of ketones is 3. The molecule has 0 spiro atoms. The van der Waals surface area contributed by atoms with Crippen LogP contribution in [0.2, 0.25) is 0 Å². The van der Waals surface area contributed by atoms with Gasteiger partial charge < -0.3 is 43.9 Å². The molecule has 65 heavy (non-hydrogen) atoms. The molecule has 0 radical (unpaired) electrons. The summed E-state index contributed by atoms with van der Waals surface area (Å²) < 4.78 is 29.4. The lowest BCUT2D eigenvalue weighted by molar-refractivity contribution is -0.265. The molecular weight excluding hydrogens is 835 g/mol. The number of hydrogen-bond donors (Lipinski definition) is 3. The molecular formula is C51H79NO13. The molecule has 14 nitrogen and oxygen atoms in total. The summed E-state index contributed by atoms with van der Waals surface area (Å²) >= 11 is 0. The number of amides is 1. The van der Waals surface area contributed by atoms with Crippen molar-refractivity contribution in [3.05, 3.63) is 47.6 Å². The summed E-state index contributed by atoms with van der Waals surface area (Å²) in [6.45, 7) is 12.7. The molecule has 4 rings (SSSR count). The predicted molar refractivity (Wildman–Crippen MR) is 245 cm³/mol. The van der Waals surface area contributed by atoms with E-state index in [-0.39, 0.29) is 54.8 Å². The zero-order valence-electron chi connectivity index (χ0n) is 40.6. The highest BCUT2D eigenvalue weighted by molar-refractivity contribution is 6.39. The second-order valence-electron chi connectivity index (χ2n) is 19.6. The summed E-state index contributed by atoms with van der Waals surface area (Å²) in [5.41, 5.74) is 1.27. The van der Waals surface area contributed by atoms with Crippen molar-refractivity contribution < 1.29 is 63.0 Å². The second-order valence-corrected chi connectivity index (χ2v) is 19.6. The van der Waals surface area contributed by atoms with Gasteiger partial charge in [0, 0.05) is 58.5 Å². The van der Waals surface area contributed by atoms with E-state index in [1.165, 1.54) is 12.0 Å². The minimum Gasteiger partial charge on any atom is -0.460 e. The Balaban J connectivity index is 1.70. The number of cyclic esters (lactones) is 1. The molecule has 4 aliphatic rings. The normalized spacial score (nSPS) is 40.4. The number of esters is 1. The van der Waals surface area contributed by atoms with Gasteiger partial charge in [0.05, 0.1) is 24.4 Å². The number of allylic oxidation sites excluding steroid dienone is 6. The maximum absolute atomic E-state index is 14.4. The van der Waals surface area contributed by atoms with E-state index in [1.807, 2.05) is 58.1 Å². The minimum absolute atomic E-state index is 0.0193. The summed E-state index contributed by atoms with van der Waals surface area (Å²) in [6, 6.07) is -1.14. The van der Waals surface area contributed by atoms with Crippen molar-refractivity contribution >= 4 is 29.2 Å². The number of ether oxygens (including phenoxy) is 5. The molecule has 2 saturated heterocycles. The molecule has 14 heteroatoms. The maximum atomic E-state index is 14.4. The van der Waals surface area contributed by atoms with Crippen LogP contribution >= 0.6 is 0 Å². The van der Waals surface area contributed by atoms with Gasteiger partial charge in [-0.15, -0.1) is 0 Å². The zero-order chi connectivity index (χ0) is 48.2. The third kappa shape index (κ3) is 14.3. The summed E-state index contributed by atoms with van der Waals surface area (Å²) in [6.07, 6.45) is 11.2. The Labute approximate surface area is 387 Å². The van der Waals surface area contributed by atoms with Crippen LogP contribution in [0.4, 0.5) is 0 Å². The summed E-state index contributed by atoms with van der Waals surface area (Å²) in [5.74, 6) is -7.96. The molecule has 1 aliphatic carbocycles. The molecule has 1 amide bonds. The van der Waals surface area contributed by atoms with Crippen LogP contribution in [0, 0.1) is 35.5 Å². The largest absolute Gasteiger partial charge is 0.460 e. The lowest BCUT2D eigenvalue weighted by Gasteiger charge is -2.42. The number of carbonyl (C=O) groups is 5. The lowest BCUT2D eigenvalue weighted by Crippen LogP contribution is -2.61. The Hall–Kier alpha value is -3.37. The highest BCUT2D eigenvalue weighted by Gasteiger charge is 2.53. The van der Waals surface area contributed by atoms with Gasteiger partial charge in [0.2, 0.25) is 5.79 Å². The molecule has 3 heterocycles. The smallest absolute Gasteiger partial charge is 0.329 e. The molecule has 2 bridgehead atoms. The fraction of sp³-hybridized carbons (Fsp3) is 0.745. The Morgan fingerprint density at radius 2 is 1.57 bits per heavy atom. The standard InChI is InChI=1S/C51H79NO13/c1-30-16-12-11-13-17-31(2)42(61-8)28-38-21-19-36(7)51(60,65-38)48(57)49(58)52-23-15-14-18-39(52)50(59)64-43(33(4)26-37-20-22-40(53)44(27-37)62-9)29-41(54)32(3)25-35(6)46(56)47(63-10)45(55)34(5)24-30/h11-13,16-17,25,30,32-34,36-40,42-44,46-47,53,56,60H,14-15,18-24,26-29H2,1-10H3/b13-11+,16-12+,31-17+,35-25+/t30-,32-,33?,34-,36-,37+,38+,39?,40-,42+,43+,44-,46-,47?,51-/m1/s1. The maximum Gasteiger partial charge on any atom is 0.329 e. The van der Waals surface area contributed by atoms with Gasteiger partial charge in [-0.05, 0) is 107 Å². The summed E-state index contributed by atoms with van der Waals surface area (Å²) in [7, 11) is 4.52. The highest BCUT2D eigenvalue weighted by atomic mass is 16.6. The van der Waals surface area contributed by atoms with Gasteiger partial charge in [-0.1, -0.05) is 71.1 Å². The third-order valence-corrected chi connectivity index (χ3v) is 14.5. The molecule has 3 N–H and O–H groups in total. The molecule has 15 atom stereocenters. The number of rotatable bonds is 6. The van der Waals surface area contributed by atoms with Crippen LogP contribution in [-0.2, 0) is 47.7 Å². The van der Waals surface area contributed by atoms with Crippen molar-refractivity contribution in [2.24, 2.45) is 35.5 Å². The van der Waals surface area contributed by atoms with Gasteiger partial charge in [-0.3, -0.25) is 19.2 Å². The molecule has 3 fully saturated rings. The first-order valence-corrected chi connectivity index (χ1v) is 23.9. The van der Waals surface area contributed by atoms with E-state index >= 15 is 0 Å². The molecule has 366 valence electrons. The van der Waals surface area contributed by atoms with Crippen molar-refractivity contribution in [1.29, 1.82) is 0 Å². The number of Topliss-reactive ketones (excluding diaryl/α,β-unsaturated/α-hetero) is 3. The zero-order valence-corrected chi connectivity index (χ0v) is 40.6. The minimum atomic E-state index is -2.43. The van der Waals surface area contributed by atoms with E-state index in [0.29, 0.717) is 63.4 Å². The Morgan fingerprint density at radius 3 is 2.25 bits per heavy atom. The molecule has 3 unspecified atom stereocenters. The number of carbonyl (C=O) groups excluding carboxylic acids is 5. The highest BCUT2D eigenvalue weighted by Crippen LogP contribution is 2.38. The van der Waals surface area contributed by atoms with Crippen molar-refractivity contribution in [2.45, 2.75) is 180 Å². The predicted octanol–water partition coefficient (Wildman–Crippen LogP) is 6.18. The number of hydrogen-bond acceptors (Lipinski definition) is 13. The van der Waals surface area contributed by atoms with Crippen LogP contribution in [0.1, 0.15) is 126 Å². The molecule has 3 aliphatic heterocycles. The van der Waals surface area contributed by atoms with Crippen LogP contribution in [0.25, 0.3) is 0 Å². The first-order chi connectivity index (χ1) is 30.7. The summed E-state index contributed by atoms with van der Waals surface area (Å²) in [4.78, 5) is 71.8. The number of fused-ring (bicyclic) bond motifs is 3. The molecule has 1 saturated carbocycles. The van der Waals surface area contributed by atoms with Crippen molar-refractivity contribution in [3.63, 3.8) is 0 Å². The van der Waals surface area contributed by atoms with Gasteiger partial charge in [-0.25, -0.2) is 4.79 Å². The topological polar surface area (TPSA) is 195 Å². The molecule has 0 aromatic carbocycles. The fourth-order valence-corrected chi connectivity index (χ4v) is 10.1. The van der Waals surface area contributed by atoms with E-state index in [4.69, 9.17) is 23.7 Å². The van der Waals surface area contributed by atoms with Crippen molar-refractivity contribution in [1.82, 2.24) is 4.90 Å². The number of aliphatic hydroxyl groups is 3. The summed E-state index contributed by atoms with van der Waals surface area (Å²) in [5, 5.41) is 33.8. The van der Waals surface area contributed by atoms with Crippen LogP contribution < -0.4 is 0 Å². The Bertz CT molecular complexity index is 1760. The third-order valence-electron chi connectivity index (χ3n) is 14.5. The van der Waals surface area contributed by atoms with Gasteiger partial charge in [0.1, 0.15) is 30.1 Å². The van der Waals surface area contributed by atoms with Crippen molar-refractivity contribution in [2.75, 3.05) is 27.9 Å². The van der Waals surface area contributed by atoms with Crippen LogP contribution in [0.3, 0.4) is 0 Å². The SMILES string of the molecule is COC1C(=O)[C@H](C)C[C@H](C)/C=C/C=C/C=C(\C)[C@@H](OC)C[C@@H]2CC[C@@H](C)[C@@](O)(O2)C(=O)C(=O)N2CCCCC2C(=O)O[C@H](C(C)C[C@@H]2CC[C@@H](O)[C@H](OC)C2)CC(=O)[C@H](C)/C=C(\C)[C@H]1O. The molecule has 0 aromatic heterocycles. The Morgan fingerprint density at radius 1 is 0.846 bits per heavy atom. The molecule has 0 aromatic rings. The number of methoxy groups -OCH3 is 3. The average molecular weight is 914 g/mol. The van der Waals surface area contributed by atoms with E-state index in [9.17, 15) is 39.3 Å². The van der Waals surface area contributed by atoms with Crippen LogP contribution in [0.5, 0.6) is 0 Å². The van der Waals surface area contributed by atoms with E-state index < -0.39 is 83.9 Å². The van der Waals surface area contributed by atoms with Gasteiger partial charge in [-0.2, -0.15) is 0 Å². The van der Waals surface area contributed by atoms with E-state index in [1.54, 1.807) is 41.1 Å². The van der Waals surface area contributed by atoms with Gasteiger partial charge in [0.15, 0.2) is 5.78 Å². The fourth-order valence-electron chi connectivity index (χ4n) is 10.1. The van der Waals surface area contributed by atoms with E-state index in [0.717, 1.165) is 12.0 Å². The van der Waals surface area contributed by atoms with Gasteiger partial charge >= 0.3 is 5.97 Å². The number of aliphatic hydroxyl groups excluding tert-OH is 2. The monoisotopic (exact) mass is 914 g/mol. The second kappa shape index (κ2) is 25.1. The average Bonchev–Trinajstić information content (AvgIpc) is 3.28. The lowest BCUT2D eigenvalue weighted by atomic mass is 9.78. The Kier molecular flexibility index (Phi) is 21.0. The number of nitrogens with zero attached hydrogens (tertiary/aromatic N) is 1. The van der Waals surface area contributed by atoms with E-state index in [2.05, 4.69) is 0 Å². The number of piperidine rings is 1. The van der Waals surface area contributed by atoms with Crippen LogP contribution in [0.15, 0.2) is 47.6 Å². The first-order valence-electron chi connectivity index (χ1n) is 23.9. The quantitative estimate of drug-likeness (QED) is 0.156. The van der Waals surface area contributed by atoms with Gasteiger partial charge in [0.25, 0.3) is 11.7 Å². The van der Waals surface area contributed by atoms with Crippen LogP contribution in [-0.4, -0.2) is 132 Å². The van der Waals surface area contributed by atoms with Crippen molar-refractivity contribution in [3.8, 4) is 0 Å².